The molecule has 0 fully saturated rings. The fourth-order valence-corrected chi connectivity index (χ4v) is 4.52. The van der Waals surface area contributed by atoms with Crippen molar-refractivity contribution in [1.82, 2.24) is 4.72 Å². The van der Waals surface area contributed by atoms with Gasteiger partial charge in [0.1, 0.15) is 0 Å². The molecule has 1 aromatic carbocycles. The molecule has 6 heteroatoms. The zero-order chi connectivity index (χ0) is 15.6. The third kappa shape index (κ3) is 4.55. The van der Waals surface area contributed by atoms with E-state index in [1.165, 1.54) is 0 Å². The number of hydrogen-bond acceptors (Lipinski definition) is 3. The molecule has 0 heterocycles. The number of halogens is 1. The minimum absolute atomic E-state index is 0.261. The van der Waals surface area contributed by atoms with Gasteiger partial charge in [-0.3, -0.25) is 0 Å². The number of aryl methyl sites for hydroxylation is 1. The molecular formula is C14H23BrN2O2S. The minimum atomic E-state index is -3.59. The number of sulfonamides is 1. The molecule has 1 aromatic rings. The zero-order valence-electron chi connectivity index (χ0n) is 12.4. The van der Waals surface area contributed by atoms with Gasteiger partial charge < -0.3 is 5.73 Å². The summed E-state index contributed by atoms with van der Waals surface area (Å²) in [6.07, 6.45) is 0.690. The normalized spacial score (nSPS) is 15.3. The minimum Gasteiger partial charge on any atom is -0.329 e. The van der Waals surface area contributed by atoms with Crippen LogP contribution in [0.4, 0.5) is 0 Å². The molecule has 0 aliphatic heterocycles. The van der Waals surface area contributed by atoms with Crippen LogP contribution >= 0.6 is 15.9 Å². The Labute approximate surface area is 130 Å². The maximum atomic E-state index is 12.6. The molecule has 0 saturated heterocycles. The predicted octanol–water partition coefficient (Wildman–Crippen LogP) is 2.80. The molecule has 0 radical (unpaired) electrons. The van der Waals surface area contributed by atoms with Crippen LogP contribution < -0.4 is 10.5 Å². The SMILES string of the molecule is Cc1ccc(Br)cc1S(=O)(=O)NC(C)(CN)CC(C)C. The highest BCUT2D eigenvalue weighted by molar-refractivity contribution is 9.10. The van der Waals surface area contributed by atoms with Crippen LogP contribution in [0.15, 0.2) is 27.6 Å². The summed E-state index contributed by atoms with van der Waals surface area (Å²) in [5, 5.41) is 0. The standard InChI is InChI=1S/C14H23BrN2O2S/c1-10(2)8-14(4,9-16)17-20(18,19)13-7-12(15)6-5-11(13)3/h5-7,10,17H,8-9,16H2,1-4H3. The molecule has 0 amide bonds. The van der Waals surface area contributed by atoms with Crippen molar-refractivity contribution in [2.24, 2.45) is 11.7 Å². The van der Waals surface area contributed by atoms with Crippen LogP contribution in [0.3, 0.4) is 0 Å². The smallest absolute Gasteiger partial charge is 0.241 e. The second-order valence-corrected chi connectivity index (χ2v) is 8.44. The first kappa shape index (κ1) is 17.6. The lowest BCUT2D eigenvalue weighted by Crippen LogP contribution is -2.52. The lowest BCUT2D eigenvalue weighted by Gasteiger charge is -2.31. The molecule has 1 atom stereocenters. The summed E-state index contributed by atoms with van der Waals surface area (Å²) in [5.41, 5.74) is 5.85. The second kappa shape index (κ2) is 6.56. The van der Waals surface area contributed by atoms with Crippen molar-refractivity contribution >= 4 is 26.0 Å². The number of benzene rings is 1. The first-order valence-electron chi connectivity index (χ1n) is 6.60. The van der Waals surface area contributed by atoms with Crippen LogP contribution in [0, 0.1) is 12.8 Å². The summed E-state index contributed by atoms with van der Waals surface area (Å²) in [6, 6.07) is 5.22. The first-order valence-corrected chi connectivity index (χ1v) is 8.87. The lowest BCUT2D eigenvalue weighted by atomic mass is 9.92. The van der Waals surface area contributed by atoms with Gasteiger partial charge in [0.15, 0.2) is 0 Å². The Hall–Kier alpha value is -0.430. The van der Waals surface area contributed by atoms with E-state index in [9.17, 15) is 8.42 Å². The number of rotatable bonds is 6. The molecule has 0 aliphatic carbocycles. The van der Waals surface area contributed by atoms with Crippen molar-refractivity contribution in [3.05, 3.63) is 28.2 Å². The Kier molecular flexibility index (Phi) is 5.78. The molecule has 0 saturated carbocycles. The zero-order valence-corrected chi connectivity index (χ0v) is 14.8. The van der Waals surface area contributed by atoms with E-state index in [0.29, 0.717) is 17.9 Å². The molecule has 114 valence electrons. The highest BCUT2D eigenvalue weighted by atomic mass is 79.9. The number of nitrogens with one attached hydrogen (secondary N) is 1. The molecular weight excluding hydrogens is 340 g/mol. The van der Waals surface area contributed by atoms with Crippen LogP contribution in [0.25, 0.3) is 0 Å². The molecule has 0 bridgehead atoms. The van der Waals surface area contributed by atoms with Gasteiger partial charge >= 0.3 is 0 Å². The highest BCUT2D eigenvalue weighted by Gasteiger charge is 2.31. The fraction of sp³-hybridized carbons (Fsp3) is 0.571. The van der Waals surface area contributed by atoms with E-state index in [1.807, 2.05) is 26.8 Å². The third-order valence-electron chi connectivity index (χ3n) is 3.13. The van der Waals surface area contributed by atoms with Crippen molar-refractivity contribution in [2.45, 2.75) is 44.6 Å². The maximum absolute atomic E-state index is 12.6. The predicted molar refractivity (Wildman–Crippen MR) is 86.1 cm³/mol. The highest BCUT2D eigenvalue weighted by Crippen LogP contribution is 2.24. The van der Waals surface area contributed by atoms with Crippen LogP contribution in [-0.2, 0) is 10.0 Å². The van der Waals surface area contributed by atoms with E-state index in [0.717, 1.165) is 4.47 Å². The molecule has 0 aromatic heterocycles. The van der Waals surface area contributed by atoms with Crippen LogP contribution in [0.5, 0.6) is 0 Å². The summed E-state index contributed by atoms with van der Waals surface area (Å²) in [5.74, 6) is 0.356. The summed E-state index contributed by atoms with van der Waals surface area (Å²) >= 11 is 3.31. The number of nitrogens with two attached hydrogens (primary N) is 1. The summed E-state index contributed by atoms with van der Waals surface area (Å²) < 4.78 is 28.6. The van der Waals surface area contributed by atoms with Gasteiger partial charge in [0.25, 0.3) is 0 Å². The van der Waals surface area contributed by atoms with E-state index in [2.05, 4.69) is 20.7 Å². The summed E-state index contributed by atoms with van der Waals surface area (Å²) in [7, 11) is -3.59. The summed E-state index contributed by atoms with van der Waals surface area (Å²) in [6.45, 7) is 7.98. The van der Waals surface area contributed by atoms with E-state index in [-0.39, 0.29) is 11.4 Å². The monoisotopic (exact) mass is 362 g/mol. The maximum Gasteiger partial charge on any atom is 0.241 e. The van der Waals surface area contributed by atoms with Crippen molar-refractivity contribution < 1.29 is 8.42 Å². The quantitative estimate of drug-likeness (QED) is 0.816. The average Bonchev–Trinajstić information content (AvgIpc) is 2.30. The molecule has 0 spiro atoms. The Morgan fingerprint density at radius 1 is 1.40 bits per heavy atom. The van der Waals surface area contributed by atoms with E-state index in [1.54, 1.807) is 19.1 Å². The van der Waals surface area contributed by atoms with Gasteiger partial charge in [-0.05, 0) is 43.9 Å². The summed E-state index contributed by atoms with van der Waals surface area (Å²) in [4.78, 5) is 0.287. The van der Waals surface area contributed by atoms with Gasteiger partial charge in [-0.1, -0.05) is 35.8 Å². The van der Waals surface area contributed by atoms with Crippen molar-refractivity contribution in [2.75, 3.05) is 6.54 Å². The Bertz CT molecular complexity index is 573. The van der Waals surface area contributed by atoms with E-state index < -0.39 is 15.6 Å². The Morgan fingerprint density at radius 3 is 2.50 bits per heavy atom. The fourth-order valence-electron chi connectivity index (χ4n) is 2.31. The Balaban J connectivity index is 3.14. The van der Waals surface area contributed by atoms with Crippen LogP contribution in [0.1, 0.15) is 32.8 Å². The van der Waals surface area contributed by atoms with Gasteiger partial charge in [0, 0.05) is 16.6 Å². The Morgan fingerprint density at radius 2 is 2.00 bits per heavy atom. The van der Waals surface area contributed by atoms with Crippen LogP contribution in [-0.4, -0.2) is 20.5 Å². The molecule has 3 N–H and O–H groups in total. The van der Waals surface area contributed by atoms with Gasteiger partial charge in [-0.25, -0.2) is 13.1 Å². The van der Waals surface area contributed by atoms with Crippen molar-refractivity contribution in [3.63, 3.8) is 0 Å². The third-order valence-corrected chi connectivity index (χ3v) is 5.40. The van der Waals surface area contributed by atoms with Gasteiger partial charge in [0.2, 0.25) is 10.0 Å². The van der Waals surface area contributed by atoms with Gasteiger partial charge in [-0.2, -0.15) is 0 Å². The van der Waals surface area contributed by atoms with Gasteiger partial charge in [-0.15, -0.1) is 0 Å². The second-order valence-electron chi connectivity index (χ2n) is 5.88. The van der Waals surface area contributed by atoms with Crippen molar-refractivity contribution in [1.29, 1.82) is 0 Å². The van der Waals surface area contributed by atoms with E-state index >= 15 is 0 Å². The number of hydrogen-bond donors (Lipinski definition) is 2. The van der Waals surface area contributed by atoms with Crippen LogP contribution in [0.2, 0.25) is 0 Å². The largest absolute Gasteiger partial charge is 0.329 e. The van der Waals surface area contributed by atoms with Gasteiger partial charge in [0.05, 0.1) is 4.90 Å². The molecule has 1 rings (SSSR count). The molecule has 20 heavy (non-hydrogen) atoms. The molecule has 0 aliphatic rings. The first-order chi connectivity index (χ1) is 9.09. The van der Waals surface area contributed by atoms with E-state index in [4.69, 9.17) is 5.73 Å². The average molecular weight is 363 g/mol. The molecule has 4 nitrogen and oxygen atoms in total. The lowest BCUT2D eigenvalue weighted by molar-refractivity contribution is 0.344. The topological polar surface area (TPSA) is 72.2 Å². The van der Waals surface area contributed by atoms with Crippen molar-refractivity contribution in [3.8, 4) is 0 Å². The molecule has 1 unspecified atom stereocenters.